The lowest BCUT2D eigenvalue weighted by atomic mass is 9.83. The van der Waals surface area contributed by atoms with E-state index in [1.807, 2.05) is 36.4 Å². The van der Waals surface area contributed by atoms with Gasteiger partial charge in [-0.2, -0.15) is 18.4 Å². The van der Waals surface area contributed by atoms with E-state index < -0.39 is 17.3 Å². The molecule has 0 saturated heterocycles. The van der Waals surface area contributed by atoms with Crippen LogP contribution in [0.3, 0.4) is 0 Å². The second-order valence-electron chi connectivity index (χ2n) is 6.81. The van der Waals surface area contributed by atoms with Gasteiger partial charge in [-0.15, -0.1) is 0 Å². The summed E-state index contributed by atoms with van der Waals surface area (Å²) in [5.74, 6) is 0.603. The molecule has 1 atom stereocenters. The number of halogens is 3. The van der Waals surface area contributed by atoms with Gasteiger partial charge in [0.25, 0.3) is 0 Å². The van der Waals surface area contributed by atoms with E-state index in [4.69, 9.17) is 10.3 Å². The van der Waals surface area contributed by atoms with Crippen molar-refractivity contribution in [1.29, 1.82) is 5.26 Å². The Morgan fingerprint density at radius 3 is 2.24 bits per heavy atom. The number of alkyl halides is 3. The number of aliphatic imine (C=N–C) groups is 1. The molecule has 0 aromatic heterocycles. The minimum atomic E-state index is -4.39. The van der Waals surface area contributed by atoms with Crippen molar-refractivity contribution in [3.8, 4) is 6.07 Å². The van der Waals surface area contributed by atoms with Gasteiger partial charge in [-0.1, -0.05) is 54.6 Å². The molecule has 0 fully saturated rings. The standard InChI is InChI=1S/C23H16F3N3/c24-23(25,26)20-11-9-19(10-12-20)22(18-7-2-1-3-8-18)15-28-21(29-22)17-6-4-5-16(13-17)14-27/h1-13H,15H2,(H,28,29). The zero-order chi connectivity index (χ0) is 20.5. The van der Waals surface area contributed by atoms with E-state index in [1.54, 1.807) is 18.2 Å². The zero-order valence-electron chi connectivity index (χ0n) is 15.2. The lowest BCUT2D eigenvalue weighted by molar-refractivity contribution is -0.137. The first-order valence-electron chi connectivity index (χ1n) is 9.00. The van der Waals surface area contributed by atoms with Crippen molar-refractivity contribution in [2.45, 2.75) is 11.7 Å². The Morgan fingerprint density at radius 1 is 0.897 bits per heavy atom. The first-order chi connectivity index (χ1) is 13.9. The number of nitrogens with one attached hydrogen (secondary N) is 1. The maximum atomic E-state index is 13.0. The lowest BCUT2D eigenvalue weighted by Crippen LogP contribution is -2.31. The number of hydrogen-bond donors (Lipinski definition) is 1. The van der Waals surface area contributed by atoms with Gasteiger partial charge in [0.05, 0.1) is 17.2 Å². The van der Waals surface area contributed by atoms with Gasteiger partial charge >= 0.3 is 6.18 Å². The van der Waals surface area contributed by atoms with Crippen LogP contribution in [0.1, 0.15) is 27.8 Å². The van der Waals surface area contributed by atoms with E-state index in [9.17, 15) is 13.2 Å². The number of hydrogen-bond acceptors (Lipinski definition) is 3. The Hall–Kier alpha value is -3.59. The molecule has 0 bridgehead atoms. The summed E-state index contributed by atoms with van der Waals surface area (Å²) < 4.78 is 39.0. The molecule has 6 heteroatoms. The van der Waals surface area contributed by atoms with E-state index in [-0.39, 0.29) is 0 Å². The zero-order valence-corrected chi connectivity index (χ0v) is 15.2. The molecule has 144 valence electrons. The van der Waals surface area contributed by atoms with E-state index in [0.29, 0.717) is 23.5 Å². The molecule has 29 heavy (non-hydrogen) atoms. The summed E-state index contributed by atoms with van der Waals surface area (Å²) >= 11 is 0. The smallest absolute Gasteiger partial charge is 0.367 e. The van der Waals surface area contributed by atoms with Gasteiger partial charge in [0.15, 0.2) is 0 Å². The third-order valence-corrected chi connectivity index (χ3v) is 5.02. The van der Waals surface area contributed by atoms with Crippen LogP contribution in [0, 0.1) is 11.3 Å². The van der Waals surface area contributed by atoms with Gasteiger partial charge in [-0.3, -0.25) is 0 Å². The molecule has 1 aliphatic rings. The van der Waals surface area contributed by atoms with Crippen molar-refractivity contribution in [3.05, 3.63) is 107 Å². The maximum Gasteiger partial charge on any atom is 0.416 e. The second kappa shape index (κ2) is 7.10. The molecule has 1 aliphatic heterocycles. The van der Waals surface area contributed by atoms with Crippen molar-refractivity contribution in [1.82, 2.24) is 5.32 Å². The van der Waals surface area contributed by atoms with E-state index >= 15 is 0 Å². The Morgan fingerprint density at radius 2 is 1.59 bits per heavy atom. The fourth-order valence-electron chi connectivity index (χ4n) is 3.53. The summed E-state index contributed by atoms with van der Waals surface area (Å²) in [7, 11) is 0. The lowest BCUT2D eigenvalue weighted by Gasteiger charge is -2.27. The molecule has 0 amide bonds. The van der Waals surface area contributed by atoms with Crippen molar-refractivity contribution in [2.75, 3.05) is 6.54 Å². The number of amidine groups is 1. The molecule has 0 spiro atoms. The average molecular weight is 391 g/mol. The Bertz CT molecular complexity index is 1100. The van der Waals surface area contributed by atoms with E-state index in [0.717, 1.165) is 23.3 Å². The fourth-order valence-corrected chi connectivity index (χ4v) is 3.53. The minimum absolute atomic E-state index is 0.397. The molecule has 1 N–H and O–H groups in total. The van der Waals surface area contributed by atoms with Crippen LogP contribution in [0.4, 0.5) is 13.2 Å². The Balaban J connectivity index is 1.83. The van der Waals surface area contributed by atoms with Crippen LogP contribution in [0.25, 0.3) is 0 Å². The predicted octanol–water partition coefficient (Wildman–Crippen LogP) is 4.87. The highest BCUT2D eigenvalue weighted by Gasteiger charge is 2.39. The molecule has 3 aromatic rings. The fraction of sp³-hybridized carbons (Fsp3) is 0.130. The molecule has 4 rings (SSSR count). The first kappa shape index (κ1) is 18.8. The predicted molar refractivity (Wildman–Crippen MR) is 104 cm³/mol. The summed E-state index contributed by atoms with van der Waals surface area (Å²) in [4.78, 5) is 4.91. The Kier molecular flexibility index (Phi) is 4.59. The molecular formula is C23H16F3N3. The van der Waals surface area contributed by atoms with Gasteiger partial charge in [0.2, 0.25) is 0 Å². The highest BCUT2D eigenvalue weighted by atomic mass is 19.4. The van der Waals surface area contributed by atoms with Gasteiger partial charge in [0, 0.05) is 12.1 Å². The normalized spacial score (nSPS) is 18.6. The third kappa shape index (κ3) is 3.47. The van der Waals surface area contributed by atoms with Crippen LogP contribution in [0.15, 0.2) is 83.9 Å². The molecule has 0 radical (unpaired) electrons. The van der Waals surface area contributed by atoms with Crippen LogP contribution in [0.2, 0.25) is 0 Å². The summed E-state index contributed by atoms with van der Waals surface area (Å²) in [6.07, 6.45) is -4.39. The van der Waals surface area contributed by atoms with Crippen LogP contribution in [-0.2, 0) is 11.7 Å². The molecular weight excluding hydrogens is 375 g/mol. The van der Waals surface area contributed by atoms with Gasteiger partial charge in [-0.05, 0) is 35.4 Å². The van der Waals surface area contributed by atoms with Gasteiger partial charge in [-0.25, -0.2) is 4.99 Å². The largest absolute Gasteiger partial charge is 0.416 e. The Labute approximate surface area is 166 Å². The van der Waals surface area contributed by atoms with Gasteiger partial charge < -0.3 is 5.32 Å². The van der Waals surface area contributed by atoms with E-state index in [2.05, 4.69) is 11.4 Å². The summed E-state index contributed by atoms with van der Waals surface area (Å²) in [5.41, 5.74) is 1.26. The molecule has 0 aliphatic carbocycles. The summed E-state index contributed by atoms with van der Waals surface area (Å²) in [6, 6.07) is 23.8. The maximum absolute atomic E-state index is 13.0. The van der Waals surface area contributed by atoms with Crippen molar-refractivity contribution >= 4 is 5.84 Å². The van der Waals surface area contributed by atoms with Gasteiger partial charge in [0.1, 0.15) is 11.4 Å². The highest BCUT2D eigenvalue weighted by Crippen LogP contribution is 2.38. The average Bonchev–Trinajstić information content (AvgIpc) is 3.21. The van der Waals surface area contributed by atoms with Crippen molar-refractivity contribution < 1.29 is 13.2 Å². The third-order valence-electron chi connectivity index (χ3n) is 5.02. The summed E-state index contributed by atoms with van der Waals surface area (Å²) in [5, 5.41) is 12.4. The highest BCUT2D eigenvalue weighted by molar-refractivity contribution is 6.01. The molecule has 3 nitrogen and oxygen atoms in total. The quantitative estimate of drug-likeness (QED) is 0.692. The molecule has 3 aromatic carbocycles. The first-order valence-corrected chi connectivity index (χ1v) is 9.00. The topological polar surface area (TPSA) is 48.2 Å². The SMILES string of the molecule is N#Cc1cccc(C2=NC(c3ccccc3)(c3ccc(C(F)(F)F)cc3)CN2)c1. The van der Waals surface area contributed by atoms with Crippen LogP contribution >= 0.6 is 0 Å². The van der Waals surface area contributed by atoms with Crippen molar-refractivity contribution in [3.63, 3.8) is 0 Å². The monoisotopic (exact) mass is 391 g/mol. The van der Waals surface area contributed by atoms with Crippen LogP contribution in [-0.4, -0.2) is 12.4 Å². The van der Waals surface area contributed by atoms with Crippen LogP contribution < -0.4 is 5.32 Å². The second-order valence-corrected chi connectivity index (χ2v) is 6.81. The molecule has 1 heterocycles. The summed E-state index contributed by atoms with van der Waals surface area (Å²) in [6.45, 7) is 0.397. The van der Waals surface area contributed by atoms with E-state index in [1.165, 1.54) is 12.1 Å². The number of nitrogens with zero attached hydrogens (tertiary/aromatic N) is 2. The molecule has 0 saturated carbocycles. The minimum Gasteiger partial charge on any atom is -0.367 e. The number of benzene rings is 3. The van der Waals surface area contributed by atoms with Crippen molar-refractivity contribution in [2.24, 2.45) is 4.99 Å². The number of rotatable bonds is 3. The molecule has 1 unspecified atom stereocenters. The number of nitriles is 1. The van der Waals surface area contributed by atoms with Crippen LogP contribution in [0.5, 0.6) is 0 Å².